The Morgan fingerprint density at radius 3 is 1.49 bits per heavy atom. The van der Waals surface area contributed by atoms with Crippen LogP contribution in [0.5, 0.6) is 0 Å². The van der Waals surface area contributed by atoms with Crippen molar-refractivity contribution in [2.75, 3.05) is 6.54 Å². The number of hydrogen-bond acceptors (Lipinski definition) is 4. The number of esters is 1. The molecule has 6 nitrogen and oxygen atoms in total. The fraction of sp³-hybridized carbons (Fsp3) is 0.791. The first kappa shape index (κ1) is 46.6. The van der Waals surface area contributed by atoms with E-state index in [1.165, 1.54) is 128 Å². The molecule has 0 aliphatic heterocycles. The van der Waals surface area contributed by atoms with Gasteiger partial charge in [-0.05, 0) is 50.7 Å². The van der Waals surface area contributed by atoms with Gasteiger partial charge in [-0.1, -0.05) is 179 Å². The third-order valence-electron chi connectivity index (χ3n) is 9.04. The van der Waals surface area contributed by atoms with Gasteiger partial charge < -0.3 is 15.2 Å². The van der Waals surface area contributed by atoms with Crippen LogP contribution >= 0.6 is 0 Å². The van der Waals surface area contributed by atoms with Crippen molar-refractivity contribution in [1.29, 1.82) is 0 Å². The Morgan fingerprint density at radius 1 is 0.551 bits per heavy atom. The van der Waals surface area contributed by atoms with E-state index in [0.717, 1.165) is 51.4 Å². The molecule has 0 fully saturated rings. The van der Waals surface area contributed by atoms with Gasteiger partial charge in [-0.15, -0.1) is 0 Å². The summed E-state index contributed by atoms with van der Waals surface area (Å²) >= 11 is 0. The molecule has 0 aromatic rings. The van der Waals surface area contributed by atoms with Gasteiger partial charge in [0.05, 0.1) is 0 Å². The smallest absolute Gasteiger partial charge is 0.322 e. The van der Waals surface area contributed by atoms with Gasteiger partial charge in [-0.2, -0.15) is 0 Å². The van der Waals surface area contributed by atoms with Gasteiger partial charge >= 0.3 is 11.9 Å². The van der Waals surface area contributed by atoms with E-state index in [2.05, 4.69) is 31.3 Å². The summed E-state index contributed by atoms with van der Waals surface area (Å²) in [4.78, 5) is 34.7. The first-order valence-electron chi connectivity index (χ1n) is 20.7. The molecular weight excluding hydrogens is 610 g/mol. The molecular formula is C43H77NO5. The average Bonchev–Trinajstić information content (AvgIpc) is 3.08. The summed E-state index contributed by atoms with van der Waals surface area (Å²) in [6, 6.07) is 0. The third-order valence-corrected chi connectivity index (χ3v) is 9.04. The van der Waals surface area contributed by atoms with Crippen LogP contribution < -0.4 is 5.32 Å². The predicted molar refractivity (Wildman–Crippen MR) is 208 cm³/mol. The minimum Gasteiger partial charge on any atom is -0.480 e. The number of allylic oxidation sites excluding steroid dienone is 4. The molecule has 1 unspecified atom stereocenters. The molecule has 0 aliphatic carbocycles. The molecule has 6 heteroatoms. The molecule has 0 heterocycles. The Labute approximate surface area is 302 Å². The number of hydrogen-bond donors (Lipinski definition) is 2. The van der Waals surface area contributed by atoms with Crippen molar-refractivity contribution in [1.82, 2.24) is 5.32 Å². The third kappa shape index (κ3) is 38.3. The van der Waals surface area contributed by atoms with E-state index in [4.69, 9.17) is 9.84 Å². The van der Waals surface area contributed by atoms with E-state index in [1.807, 2.05) is 24.3 Å². The highest BCUT2D eigenvalue weighted by Crippen LogP contribution is 2.16. The van der Waals surface area contributed by atoms with Crippen LogP contribution in [0, 0.1) is 0 Å². The standard InChI is InChI=1S/C43H77NO5/c1-3-5-7-9-10-11-12-13-14-15-16-17-18-19-20-21-22-23-24-25-30-34-38-43(48)49-40(35-31-27-8-6-4-2)36-32-28-26-29-33-37-41(45)44-39-42(46)47/h6,8,31-32,35-36,40H,3-5,7,9-30,33-34,37-39H2,1-2H3,(H,44,45)(H,46,47)/b8-6-,35-31-,36-32-. The zero-order valence-corrected chi connectivity index (χ0v) is 32.0. The highest BCUT2D eigenvalue weighted by atomic mass is 16.5. The van der Waals surface area contributed by atoms with Crippen LogP contribution in [-0.4, -0.2) is 35.6 Å². The van der Waals surface area contributed by atoms with Crippen molar-refractivity contribution in [3.05, 3.63) is 36.5 Å². The molecule has 0 spiro atoms. The molecule has 0 radical (unpaired) electrons. The van der Waals surface area contributed by atoms with Crippen LogP contribution in [0.25, 0.3) is 0 Å². The number of carbonyl (C=O) groups excluding carboxylic acids is 2. The molecule has 284 valence electrons. The molecule has 0 aromatic carbocycles. The molecule has 1 atom stereocenters. The van der Waals surface area contributed by atoms with Gasteiger partial charge in [0.2, 0.25) is 5.91 Å². The molecule has 49 heavy (non-hydrogen) atoms. The maximum atomic E-state index is 12.6. The van der Waals surface area contributed by atoms with Gasteiger partial charge in [0.25, 0.3) is 0 Å². The molecule has 0 bridgehead atoms. The highest BCUT2D eigenvalue weighted by Gasteiger charge is 2.09. The van der Waals surface area contributed by atoms with E-state index in [-0.39, 0.29) is 24.5 Å². The Balaban J connectivity index is 3.85. The van der Waals surface area contributed by atoms with Crippen LogP contribution in [0.2, 0.25) is 0 Å². The normalized spacial score (nSPS) is 12.4. The molecule has 0 aromatic heterocycles. The lowest BCUT2D eigenvalue weighted by molar-refractivity contribution is -0.145. The largest absolute Gasteiger partial charge is 0.480 e. The fourth-order valence-corrected chi connectivity index (χ4v) is 6.00. The van der Waals surface area contributed by atoms with Gasteiger partial charge in [-0.3, -0.25) is 14.4 Å². The van der Waals surface area contributed by atoms with Crippen LogP contribution in [0.4, 0.5) is 0 Å². The molecule has 0 saturated carbocycles. The van der Waals surface area contributed by atoms with Crippen LogP contribution in [0.3, 0.4) is 0 Å². The first-order valence-corrected chi connectivity index (χ1v) is 20.7. The number of unbranched alkanes of at least 4 members (excludes halogenated alkanes) is 24. The number of carbonyl (C=O) groups is 3. The molecule has 0 aliphatic rings. The summed E-state index contributed by atoms with van der Waals surface area (Å²) in [7, 11) is 0. The SMILES string of the molecule is CC/C=C\C/C=C\C(/C=C\CCCCCC(=O)NCC(=O)O)OC(=O)CCCCCCCCCCCCCCCCCCCCCCCC. The van der Waals surface area contributed by atoms with Crippen molar-refractivity contribution >= 4 is 17.8 Å². The van der Waals surface area contributed by atoms with Crippen LogP contribution in [0.1, 0.15) is 206 Å². The second-order valence-electron chi connectivity index (χ2n) is 13.9. The Kier molecular flexibility index (Phi) is 36.6. The van der Waals surface area contributed by atoms with E-state index in [9.17, 15) is 14.4 Å². The quantitative estimate of drug-likeness (QED) is 0.0385. The van der Waals surface area contributed by atoms with Crippen LogP contribution in [0.15, 0.2) is 36.5 Å². The number of rotatable bonds is 37. The van der Waals surface area contributed by atoms with Crippen molar-refractivity contribution in [2.24, 2.45) is 0 Å². The zero-order valence-electron chi connectivity index (χ0n) is 32.0. The zero-order chi connectivity index (χ0) is 35.9. The minimum absolute atomic E-state index is 0.135. The Hall–Kier alpha value is -2.37. The number of carboxylic acid groups (broad SMARTS) is 1. The van der Waals surface area contributed by atoms with Gasteiger partial charge in [0, 0.05) is 12.8 Å². The lowest BCUT2D eigenvalue weighted by Crippen LogP contribution is -2.28. The second kappa shape index (κ2) is 38.4. The Bertz CT molecular complexity index is 849. The lowest BCUT2D eigenvalue weighted by atomic mass is 10.0. The maximum Gasteiger partial charge on any atom is 0.322 e. The topological polar surface area (TPSA) is 92.7 Å². The van der Waals surface area contributed by atoms with Crippen molar-refractivity contribution < 1.29 is 24.2 Å². The van der Waals surface area contributed by atoms with E-state index in [0.29, 0.717) is 12.8 Å². The number of nitrogens with one attached hydrogen (secondary N) is 1. The summed E-state index contributed by atoms with van der Waals surface area (Å²) in [5.41, 5.74) is 0. The van der Waals surface area contributed by atoms with E-state index >= 15 is 0 Å². The summed E-state index contributed by atoms with van der Waals surface area (Å²) in [5.74, 6) is -1.39. The van der Waals surface area contributed by atoms with Crippen molar-refractivity contribution in [3.8, 4) is 0 Å². The Morgan fingerprint density at radius 2 is 1.00 bits per heavy atom. The molecule has 0 rings (SSSR count). The average molecular weight is 688 g/mol. The molecule has 0 saturated heterocycles. The number of aliphatic carboxylic acids is 1. The second-order valence-corrected chi connectivity index (χ2v) is 13.9. The summed E-state index contributed by atoms with van der Waals surface area (Å²) < 4.78 is 5.77. The van der Waals surface area contributed by atoms with Crippen molar-refractivity contribution in [2.45, 2.75) is 213 Å². The molecule has 2 N–H and O–H groups in total. The molecule has 1 amide bonds. The first-order chi connectivity index (χ1) is 24.0. The van der Waals surface area contributed by atoms with E-state index < -0.39 is 5.97 Å². The van der Waals surface area contributed by atoms with Gasteiger partial charge in [0.15, 0.2) is 0 Å². The maximum absolute atomic E-state index is 12.6. The van der Waals surface area contributed by atoms with Crippen LogP contribution in [-0.2, 0) is 19.1 Å². The summed E-state index contributed by atoms with van der Waals surface area (Å²) in [6.45, 7) is 4.07. The van der Waals surface area contributed by atoms with Crippen molar-refractivity contribution in [3.63, 3.8) is 0 Å². The monoisotopic (exact) mass is 688 g/mol. The van der Waals surface area contributed by atoms with E-state index in [1.54, 1.807) is 0 Å². The highest BCUT2D eigenvalue weighted by molar-refractivity contribution is 5.80. The lowest BCUT2D eigenvalue weighted by Gasteiger charge is -2.11. The predicted octanol–water partition coefficient (Wildman–Crippen LogP) is 12.5. The number of amides is 1. The van der Waals surface area contributed by atoms with Gasteiger partial charge in [-0.25, -0.2) is 0 Å². The number of carboxylic acids is 1. The summed E-state index contributed by atoms with van der Waals surface area (Å²) in [5, 5.41) is 11.0. The summed E-state index contributed by atoms with van der Waals surface area (Å²) in [6.07, 6.45) is 47.7. The minimum atomic E-state index is -1.03. The van der Waals surface area contributed by atoms with Gasteiger partial charge in [0.1, 0.15) is 12.6 Å². The number of ether oxygens (including phenoxy) is 1. The fourth-order valence-electron chi connectivity index (χ4n) is 6.00.